The van der Waals surface area contributed by atoms with Gasteiger partial charge in [0.1, 0.15) is 23.7 Å². The average Bonchev–Trinajstić information content (AvgIpc) is 2.87. The molecule has 1 amide bonds. The molecule has 0 atom stereocenters. The molecule has 0 spiro atoms. The molecule has 2 heterocycles. The Morgan fingerprint density at radius 2 is 2.00 bits per heavy atom. The number of β-lactam (4-membered cyclic amide) rings is 1. The van der Waals surface area contributed by atoms with Crippen LogP contribution in [0.2, 0.25) is 0 Å². The molecule has 1 saturated heterocycles. The molecule has 1 aliphatic rings. The molecule has 5 nitrogen and oxygen atoms in total. The van der Waals surface area contributed by atoms with E-state index in [1.807, 2.05) is 61.0 Å². The van der Waals surface area contributed by atoms with Gasteiger partial charge >= 0.3 is 0 Å². The van der Waals surface area contributed by atoms with Crippen molar-refractivity contribution in [3.63, 3.8) is 0 Å². The standard InChI is InChI=1S/C19H19N3O2/c1-13-20-19-16(21(13)2)10-15(22-9-8-18(22)23)11-17(19)24-12-14-6-4-3-5-7-14/h3-7,10-11H,8-9,12H2,1-2H3. The van der Waals surface area contributed by atoms with E-state index in [1.165, 1.54) is 0 Å². The summed E-state index contributed by atoms with van der Waals surface area (Å²) in [4.78, 5) is 18.2. The summed E-state index contributed by atoms with van der Waals surface area (Å²) in [5, 5.41) is 0. The lowest BCUT2D eigenvalue weighted by Crippen LogP contribution is -2.43. The molecule has 122 valence electrons. The summed E-state index contributed by atoms with van der Waals surface area (Å²) < 4.78 is 8.08. The van der Waals surface area contributed by atoms with Gasteiger partial charge in [-0.25, -0.2) is 4.98 Å². The third-order valence-electron chi connectivity index (χ3n) is 4.56. The highest BCUT2D eigenvalue weighted by Crippen LogP contribution is 2.34. The maximum atomic E-state index is 11.8. The zero-order chi connectivity index (χ0) is 16.7. The van der Waals surface area contributed by atoms with Gasteiger partial charge in [-0.3, -0.25) is 4.79 Å². The Balaban J connectivity index is 1.74. The lowest BCUT2D eigenvalue weighted by atomic mass is 10.1. The van der Waals surface area contributed by atoms with Crippen LogP contribution in [-0.4, -0.2) is 22.0 Å². The van der Waals surface area contributed by atoms with Gasteiger partial charge in [0.2, 0.25) is 5.91 Å². The second kappa shape index (κ2) is 5.67. The molecule has 0 unspecified atom stereocenters. The van der Waals surface area contributed by atoms with Crippen LogP contribution in [0.25, 0.3) is 11.0 Å². The molecule has 0 N–H and O–H groups in total. The van der Waals surface area contributed by atoms with Crippen molar-refractivity contribution in [1.82, 2.24) is 9.55 Å². The van der Waals surface area contributed by atoms with Gasteiger partial charge in [0.15, 0.2) is 0 Å². The number of aryl methyl sites for hydroxylation is 2. The summed E-state index contributed by atoms with van der Waals surface area (Å²) in [5.41, 5.74) is 3.80. The summed E-state index contributed by atoms with van der Waals surface area (Å²) in [5.74, 6) is 1.79. The van der Waals surface area contributed by atoms with E-state index >= 15 is 0 Å². The maximum Gasteiger partial charge on any atom is 0.228 e. The minimum Gasteiger partial charge on any atom is -0.486 e. The van der Waals surface area contributed by atoms with Crippen molar-refractivity contribution in [3.8, 4) is 5.75 Å². The average molecular weight is 321 g/mol. The molecule has 0 aliphatic carbocycles. The third-order valence-corrected chi connectivity index (χ3v) is 4.56. The van der Waals surface area contributed by atoms with Gasteiger partial charge in [0.05, 0.1) is 5.52 Å². The predicted octanol–water partition coefficient (Wildman–Crippen LogP) is 3.20. The quantitative estimate of drug-likeness (QED) is 0.693. The lowest BCUT2D eigenvalue weighted by Gasteiger charge is -2.31. The van der Waals surface area contributed by atoms with Crippen molar-refractivity contribution < 1.29 is 9.53 Å². The Kier molecular flexibility index (Phi) is 3.49. The SMILES string of the molecule is Cc1nc2c(OCc3ccccc3)cc(N3CCC3=O)cc2n1C. The number of fused-ring (bicyclic) bond motifs is 1. The molecule has 3 aromatic rings. The molecule has 1 fully saturated rings. The van der Waals surface area contributed by atoms with Crippen LogP contribution in [0.4, 0.5) is 5.69 Å². The summed E-state index contributed by atoms with van der Waals surface area (Å²) >= 11 is 0. The van der Waals surface area contributed by atoms with Gasteiger partial charge in [-0.1, -0.05) is 30.3 Å². The zero-order valence-electron chi connectivity index (χ0n) is 13.8. The number of rotatable bonds is 4. The summed E-state index contributed by atoms with van der Waals surface area (Å²) in [6, 6.07) is 14.0. The summed E-state index contributed by atoms with van der Waals surface area (Å²) in [6.45, 7) is 3.21. The van der Waals surface area contributed by atoms with E-state index in [9.17, 15) is 4.79 Å². The highest BCUT2D eigenvalue weighted by atomic mass is 16.5. The van der Waals surface area contributed by atoms with Crippen molar-refractivity contribution in [2.24, 2.45) is 7.05 Å². The predicted molar refractivity (Wildman–Crippen MR) is 93.2 cm³/mol. The Hall–Kier alpha value is -2.82. The first-order chi connectivity index (χ1) is 11.6. The van der Waals surface area contributed by atoms with E-state index in [1.54, 1.807) is 4.90 Å². The minimum absolute atomic E-state index is 0.155. The molecule has 0 radical (unpaired) electrons. The first-order valence-corrected chi connectivity index (χ1v) is 8.07. The van der Waals surface area contributed by atoms with Crippen LogP contribution in [0.5, 0.6) is 5.75 Å². The van der Waals surface area contributed by atoms with Gasteiger partial charge in [0.25, 0.3) is 0 Å². The number of benzene rings is 2. The first kappa shape index (κ1) is 14.8. The largest absolute Gasteiger partial charge is 0.486 e. The van der Waals surface area contributed by atoms with Crippen LogP contribution in [0.3, 0.4) is 0 Å². The fourth-order valence-electron chi connectivity index (χ4n) is 2.95. The van der Waals surface area contributed by atoms with Crippen LogP contribution in [0.15, 0.2) is 42.5 Å². The number of ether oxygens (including phenoxy) is 1. The van der Waals surface area contributed by atoms with Gasteiger partial charge in [-0.2, -0.15) is 0 Å². The van der Waals surface area contributed by atoms with E-state index in [4.69, 9.17) is 4.74 Å². The number of carbonyl (C=O) groups is 1. The number of nitrogens with zero attached hydrogens (tertiary/aromatic N) is 3. The maximum absolute atomic E-state index is 11.8. The fraction of sp³-hybridized carbons (Fsp3) is 0.263. The molecule has 1 aromatic heterocycles. The summed E-state index contributed by atoms with van der Waals surface area (Å²) in [6.07, 6.45) is 0.614. The van der Waals surface area contributed by atoms with E-state index in [-0.39, 0.29) is 5.91 Å². The van der Waals surface area contributed by atoms with Gasteiger partial charge in [0, 0.05) is 31.8 Å². The van der Waals surface area contributed by atoms with Crippen LogP contribution >= 0.6 is 0 Å². The number of anilines is 1. The first-order valence-electron chi connectivity index (χ1n) is 8.07. The van der Waals surface area contributed by atoms with Crippen molar-refractivity contribution in [2.45, 2.75) is 20.0 Å². The number of imidazole rings is 1. The molecule has 4 rings (SSSR count). The van der Waals surface area contributed by atoms with Crippen LogP contribution < -0.4 is 9.64 Å². The third kappa shape index (κ3) is 2.42. The number of hydrogen-bond acceptors (Lipinski definition) is 3. The van der Waals surface area contributed by atoms with Crippen LogP contribution in [-0.2, 0) is 18.4 Å². The molecule has 1 aliphatic heterocycles. The molecular formula is C19H19N3O2. The Morgan fingerprint density at radius 3 is 2.67 bits per heavy atom. The second-order valence-electron chi connectivity index (χ2n) is 6.10. The number of carbonyl (C=O) groups excluding carboxylic acids is 1. The second-order valence-corrected chi connectivity index (χ2v) is 6.10. The van der Waals surface area contributed by atoms with Gasteiger partial charge < -0.3 is 14.2 Å². The van der Waals surface area contributed by atoms with E-state index in [0.29, 0.717) is 13.0 Å². The topological polar surface area (TPSA) is 47.4 Å². The molecular weight excluding hydrogens is 302 g/mol. The molecule has 2 aromatic carbocycles. The minimum atomic E-state index is 0.155. The van der Waals surface area contributed by atoms with E-state index in [0.717, 1.165) is 40.4 Å². The van der Waals surface area contributed by atoms with Gasteiger partial charge in [-0.15, -0.1) is 0 Å². The Labute approximate surface area is 140 Å². The smallest absolute Gasteiger partial charge is 0.228 e. The normalized spacial score (nSPS) is 14.1. The highest BCUT2D eigenvalue weighted by Gasteiger charge is 2.27. The van der Waals surface area contributed by atoms with E-state index < -0.39 is 0 Å². The molecule has 24 heavy (non-hydrogen) atoms. The van der Waals surface area contributed by atoms with Crippen LogP contribution in [0.1, 0.15) is 17.8 Å². The number of aromatic nitrogens is 2. The zero-order valence-corrected chi connectivity index (χ0v) is 13.8. The Morgan fingerprint density at radius 1 is 1.21 bits per heavy atom. The van der Waals surface area contributed by atoms with E-state index in [2.05, 4.69) is 4.98 Å². The van der Waals surface area contributed by atoms with Crippen molar-refractivity contribution in [2.75, 3.05) is 11.4 Å². The molecule has 5 heteroatoms. The van der Waals surface area contributed by atoms with Crippen LogP contribution in [0, 0.1) is 6.92 Å². The van der Waals surface area contributed by atoms with Crippen molar-refractivity contribution in [1.29, 1.82) is 0 Å². The van der Waals surface area contributed by atoms with Gasteiger partial charge in [-0.05, 0) is 18.6 Å². The number of amides is 1. The molecule has 0 bridgehead atoms. The Bertz CT molecular complexity index is 915. The fourth-order valence-corrected chi connectivity index (χ4v) is 2.95. The number of hydrogen-bond donors (Lipinski definition) is 0. The highest BCUT2D eigenvalue weighted by molar-refractivity contribution is 6.01. The summed E-state index contributed by atoms with van der Waals surface area (Å²) in [7, 11) is 1.98. The van der Waals surface area contributed by atoms with Crippen molar-refractivity contribution >= 4 is 22.6 Å². The molecule has 0 saturated carbocycles. The lowest BCUT2D eigenvalue weighted by molar-refractivity contribution is -0.122. The van der Waals surface area contributed by atoms with Crippen molar-refractivity contribution in [3.05, 3.63) is 53.9 Å². The monoisotopic (exact) mass is 321 g/mol.